The summed E-state index contributed by atoms with van der Waals surface area (Å²) in [6.45, 7) is 2.73. The van der Waals surface area contributed by atoms with Gasteiger partial charge in [-0.3, -0.25) is 4.79 Å². The maximum absolute atomic E-state index is 12.1. The molecule has 0 radical (unpaired) electrons. The Hall–Kier alpha value is -2.23. The predicted molar refractivity (Wildman–Crippen MR) is 67.7 cm³/mol. The Morgan fingerprint density at radius 2 is 1.89 bits per heavy atom. The third kappa shape index (κ3) is 2.91. The van der Waals surface area contributed by atoms with Crippen molar-refractivity contribution in [2.45, 2.75) is 13.3 Å². The molecule has 0 spiro atoms. The van der Waals surface area contributed by atoms with Crippen LogP contribution in [0.4, 0.5) is 0 Å². The van der Waals surface area contributed by atoms with Crippen molar-refractivity contribution in [1.82, 2.24) is 10.2 Å². The molecule has 0 saturated carbocycles. The van der Waals surface area contributed by atoms with E-state index in [0.717, 1.165) is 12.2 Å². The molecule has 4 nitrogen and oxygen atoms in total. The highest BCUT2D eigenvalue weighted by Crippen LogP contribution is 2.15. The van der Waals surface area contributed by atoms with Crippen LogP contribution in [0.2, 0.25) is 0 Å². The molecule has 0 bridgehead atoms. The largest absolute Gasteiger partial charge is 0.494 e. The molecule has 0 fully saturated rings. The minimum atomic E-state index is -0.0630. The van der Waals surface area contributed by atoms with Crippen LogP contribution in [0.1, 0.15) is 29.3 Å². The number of nitrogens with zero attached hydrogens (tertiary/aromatic N) is 2. The van der Waals surface area contributed by atoms with Crippen molar-refractivity contribution in [3.05, 3.63) is 53.9 Å². The summed E-state index contributed by atoms with van der Waals surface area (Å²) < 4.78 is 5.46. The Labute approximate surface area is 106 Å². The van der Waals surface area contributed by atoms with Gasteiger partial charge in [-0.15, -0.1) is 0 Å². The summed E-state index contributed by atoms with van der Waals surface area (Å²) in [5.74, 6) is 0.716. The predicted octanol–water partition coefficient (Wildman–Crippen LogP) is 2.50. The number of benzene rings is 1. The van der Waals surface area contributed by atoms with Crippen LogP contribution >= 0.6 is 0 Å². The lowest BCUT2D eigenvalue weighted by Gasteiger charge is -2.05. The van der Waals surface area contributed by atoms with E-state index in [0.29, 0.717) is 17.7 Å². The van der Waals surface area contributed by atoms with Gasteiger partial charge >= 0.3 is 0 Å². The fourth-order valence-corrected chi connectivity index (χ4v) is 1.51. The quantitative estimate of drug-likeness (QED) is 0.756. The molecule has 1 aromatic carbocycles. The minimum Gasteiger partial charge on any atom is -0.494 e. The number of ether oxygens (including phenoxy) is 1. The molecule has 92 valence electrons. The standard InChI is InChI=1S/C14H14N2O2/c1-2-9-18-13-5-3-11(4-6-13)14(17)12-7-8-15-16-10-12/h3-8,10H,2,9H2,1H3. The molecule has 1 aromatic heterocycles. The van der Waals surface area contributed by atoms with E-state index in [1.54, 1.807) is 30.3 Å². The fraction of sp³-hybridized carbons (Fsp3) is 0.214. The monoisotopic (exact) mass is 242 g/mol. The Morgan fingerprint density at radius 1 is 1.11 bits per heavy atom. The second-order valence-corrected chi connectivity index (χ2v) is 3.83. The van der Waals surface area contributed by atoms with Crippen LogP contribution in [-0.4, -0.2) is 22.6 Å². The molecule has 0 saturated heterocycles. The van der Waals surface area contributed by atoms with Crippen molar-refractivity contribution in [1.29, 1.82) is 0 Å². The van der Waals surface area contributed by atoms with E-state index < -0.39 is 0 Å². The smallest absolute Gasteiger partial charge is 0.194 e. The molecule has 0 atom stereocenters. The fourth-order valence-electron chi connectivity index (χ4n) is 1.51. The lowest BCUT2D eigenvalue weighted by Crippen LogP contribution is -2.02. The van der Waals surface area contributed by atoms with Crippen LogP contribution in [0.25, 0.3) is 0 Å². The molecule has 4 heteroatoms. The topological polar surface area (TPSA) is 52.1 Å². The molecule has 0 N–H and O–H groups in total. The van der Waals surface area contributed by atoms with E-state index in [1.807, 2.05) is 6.92 Å². The maximum Gasteiger partial charge on any atom is 0.194 e. The van der Waals surface area contributed by atoms with Gasteiger partial charge in [0, 0.05) is 11.1 Å². The van der Waals surface area contributed by atoms with E-state index in [-0.39, 0.29) is 5.78 Å². The van der Waals surface area contributed by atoms with Crippen LogP contribution in [0.3, 0.4) is 0 Å². The summed E-state index contributed by atoms with van der Waals surface area (Å²) in [7, 11) is 0. The molecular weight excluding hydrogens is 228 g/mol. The highest BCUT2D eigenvalue weighted by molar-refractivity contribution is 6.08. The second-order valence-electron chi connectivity index (χ2n) is 3.83. The van der Waals surface area contributed by atoms with Gasteiger partial charge in [0.1, 0.15) is 5.75 Å². The van der Waals surface area contributed by atoms with E-state index in [4.69, 9.17) is 4.74 Å². The van der Waals surface area contributed by atoms with Gasteiger partial charge in [0.05, 0.1) is 19.0 Å². The molecule has 0 amide bonds. The molecule has 0 aliphatic heterocycles. The highest BCUT2D eigenvalue weighted by Gasteiger charge is 2.08. The van der Waals surface area contributed by atoms with Gasteiger partial charge in [-0.1, -0.05) is 6.92 Å². The van der Waals surface area contributed by atoms with Gasteiger partial charge in [-0.2, -0.15) is 10.2 Å². The first kappa shape index (κ1) is 12.2. The van der Waals surface area contributed by atoms with Gasteiger partial charge in [-0.25, -0.2) is 0 Å². The number of aromatic nitrogens is 2. The Morgan fingerprint density at radius 3 is 2.50 bits per heavy atom. The van der Waals surface area contributed by atoms with Gasteiger partial charge in [0.15, 0.2) is 5.78 Å². The van der Waals surface area contributed by atoms with Gasteiger partial charge < -0.3 is 4.74 Å². The summed E-state index contributed by atoms with van der Waals surface area (Å²) in [4.78, 5) is 12.1. The van der Waals surface area contributed by atoms with Gasteiger partial charge in [0.25, 0.3) is 0 Å². The molecule has 0 aliphatic carbocycles. The van der Waals surface area contributed by atoms with Gasteiger partial charge in [-0.05, 0) is 36.8 Å². The molecule has 0 unspecified atom stereocenters. The maximum atomic E-state index is 12.1. The summed E-state index contributed by atoms with van der Waals surface area (Å²) >= 11 is 0. The summed E-state index contributed by atoms with van der Waals surface area (Å²) in [5, 5.41) is 7.34. The van der Waals surface area contributed by atoms with Crippen molar-refractivity contribution < 1.29 is 9.53 Å². The summed E-state index contributed by atoms with van der Waals surface area (Å²) in [6, 6.07) is 8.77. The highest BCUT2D eigenvalue weighted by atomic mass is 16.5. The molecule has 18 heavy (non-hydrogen) atoms. The van der Waals surface area contributed by atoms with E-state index in [1.165, 1.54) is 12.4 Å². The average Bonchev–Trinajstić information content (AvgIpc) is 2.46. The number of ketones is 1. The molecular formula is C14H14N2O2. The van der Waals surface area contributed by atoms with Crippen molar-refractivity contribution in [2.24, 2.45) is 0 Å². The summed E-state index contributed by atoms with van der Waals surface area (Å²) in [5.41, 5.74) is 1.15. The van der Waals surface area contributed by atoms with Crippen LogP contribution in [0, 0.1) is 0 Å². The lowest BCUT2D eigenvalue weighted by atomic mass is 10.1. The zero-order chi connectivity index (χ0) is 12.8. The SMILES string of the molecule is CCCOc1ccc(C(=O)c2ccnnc2)cc1. The molecule has 2 aromatic rings. The first-order chi connectivity index (χ1) is 8.81. The van der Waals surface area contributed by atoms with E-state index in [9.17, 15) is 4.79 Å². The first-order valence-electron chi connectivity index (χ1n) is 5.85. The van der Waals surface area contributed by atoms with Crippen LogP contribution in [0.5, 0.6) is 5.75 Å². The number of carbonyl (C=O) groups is 1. The molecule has 2 rings (SSSR count). The number of rotatable bonds is 5. The zero-order valence-corrected chi connectivity index (χ0v) is 10.2. The number of hydrogen-bond acceptors (Lipinski definition) is 4. The lowest BCUT2D eigenvalue weighted by molar-refractivity contribution is 0.103. The number of carbonyl (C=O) groups excluding carboxylic acids is 1. The van der Waals surface area contributed by atoms with Crippen molar-refractivity contribution in [3.8, 4) is 5.75 Å². The Kier molecular flexibility index (Phi) is 4.02. The molecule has 1 heterocycles. The first-order valence-corrected chi connectivity index (χ1v) is 5.85. The van der Waals surface area contributed by atoms with E-state index >= 15 is 0 Å². The zero-order valence-electron chi connectivity index (χ0n) is 10.2. The van der Waals surface area contributed by atoms with Crippen molar-refractivity contribution in [3.63, 3.8) is 0 Å². The van der Waals surface area contributed by atoms with Gasteiger partial charge in [0.2, 0.25) is 0 Å². The summed E-state index contributed by atoms with van der Waals surface area (Å²) in [6.07, 6.45) is 3.93. The van der Waals surface area contributed by atoms with Crippen LogP contribution < -0.4 is 4.74 Å². The normalized spacial score (nSPS) is 10.1. The molecule has 0 aliphatic rings. The van der Waals surface area contributed by atoms with Crippen LogP contribution in [-0.2, 0) is 0 Å². The number of hydrogen-bond donors (Lipinski definition) is 0. The third-order valence-electron chi connectivity index (χ3n) is 2.44. The third-order valence-corrected chi connectivity index (χ3v) is 2.44. The Balaban J connectivity index is 2.12. The van der Waals surface area contributed by atoms with Crippen molar-refractivity contribution in [2.75, 3.05) is 6.61 Å². The van der Waals surface area contributed by atoms with E-state index in [2.05, 4.69) is 10.2 Å². The van der Waals surface area contributed by atoms with Crippen molar-refractivity contribution >= 4 is 5.78 Å². The Bertz CT molecular complexity index is 509. The second kappa shape index (κ2) is 5.91. The van der Waals surface area contributed by atoms with Crippen LogP contribution in [0.15, 0.2) is 42.7 Å². The minimum absolute atomic E-state index is 0.0630. The average molecular weight is 242 g/mol.